The van der Waals surface area contributed by atoms with Crippen LogP contribution >= 0.6 is 11.6 Å². The van der Waals surface area contributed by atoms with Crippen LogP contribution in [0.5, 0.6) is 5.75 Å². The Labute approximate surface area is 118 Å². The predicted molar refractivity (Wildman–Crippen MR) is 67.3 cm³/mol. The largest absolute Gasteiger partial charge is 0.480 e. The lowest BCUT2D eigenvalue weighted by Crippen LogP contribution is -2.35. The summed E-state index contributed by atoms with van der Waals surface area (Å²) in [5.74, 6) is -2.30. The lowest BCUT2D eigenvalue weighted by Gasteiger charge is -2.20. The fraction of sp³-hybridized carbons (Fsp3) is 0.333. The van der Waals surface area contributed by atoms with Crippen molar-refractivity contribution in [3.63, 3.8) is 0 Å². The standard InChI is InChI=1S/C12H12ClF2NO4/c1-2-16(6-10(17)18)11(19)8-5-7(13)3-4-9(8)20-12(14)15/h3-5,12H,2,6H2,1H3,(H,17,18). The van der Waals surface area contributed by atoms with E-state index in [1.807, 2.05) is 0 Å². The maximum absolute atomic E-state index is 12.3. The molecule has 0 heterocycles. The average molecular weight is 308 g/mol. The number of benzene rings is 1. The number of aliphatic carboxylic acids is 1. The highest BCUT2D eigenvalue weighted by Gasteiger charge is 2.22. The molecule has 0 radical (unpaired) electrons. The molecule has 0 aliphatic rings. The van der Waals surface area contributed by atoms with Crippen LogP contribution in [0.15, 0.2) is 18.2 Å². The number of rotatable bonds is 6. The summed E-state index contributed by atoms with van der Waals surface area (Å²) in [5, 5.41) is 8.86. The molecule has 1 rings (SSSR count). The van der Waals surface area contributed by atoms with Crippen molar-refractivity contribution in [3.05, 3.63) is 28.8 Å². The topological polar surface area (TPSA) is 66.8 Å². The van der Waals surface area contributed by atoms with E-state index in [4.69, 9.17) is 16.7 Å². The number of carboxylic acids is 1. The van der Waals surface area contributed by atoms with E-state index < -0.39 is 25.0 Å². The predicted octanol–water partition coefficient (Wildman–Crippen LogP) is 2.49. The number of amides is 1. The fourth-order valence-electron chi connectivity index (χ4n) is 1.53. The van der Waals surface area contributed by atoms with Gasteiger partial charge in [0.25, 0.3) is 5.91 Å². The lowest BCUT2D eigenvalue weighted by molar-refractivity contribution is -0.137. The van der Waals surface area contributed by atoms with Crippen LogP contribution in [0.1, 0.15) is 17.3 Å². The van der Waals surface area contributed by atoms with Crippen LogP contribution in [0.4, 0.5) is 8.78 Å². The Balaban J connectivity index is 3.11. The van der Waals surface area contributed by atoms with E-state index in [1.165, 1.54) is 6.07 Å². The molecule has 0 aromatic heterocycles. The SMILES string of the molecule is CCN(CC(=O)O)C(=O)c1cc(Cl)ccc1OC(F)F. The molecule has 0 fully saturated rings. The van der Waals surface area contributed by atoms with Crippen LogP contribution in [0.2, 0.25) is 5.02 Å². The second-order valence-electron chi connectivity index (χ2n) is 3.73. The van der Waals surface area contributed by atoms with E-state index in [1.54, 1.807) is 6.92 Å². The first kappa shape index (κ1) is 16.2. The first-order chi connectivity index (χ1) is 9.35. The first-order valence-corrected chi connectivity index (χ1v) is 5.98. The van der Waals surface area contributed by atoms with Crippen LogP contribution in [0.25, 0.3) is 0 Å². The van der Waals surface area contributed by atoms with Crippen molar-refractivity contribution in [1.82, 2.24) is 4.90 Å². The minimum absolute atomic E-state index is 0.103. The van der Waals surface area contributed by atoms with Crippen LogP contribution in [0.3, 0.4) is 0 Å². The summed E-state index contributed by atoms with van der Waals surface area (Å²) >= 11 is 5.72. The third kappa shape index (κ3) is 4.34. The molecule has 1 amide bonds. The Morgan fingerprint density at radius 2 is 2.10 bits per heavy atom. The summed E-state index contributed by atoms with van der Waals surface area (Å²) in [6.07, 6.45) is 0. The number of halogens is 3. The van der Waals surface area contributed by atoms with Gasteiger partial charge < -0.3 is 14.7 Å². The summed E-state index contributed by atoms with van der Waals surface area (Å²) < 4.78 is 28.8. The van der Waals surface area contributed by atoms with E-state index in [2.05, 4.69) is 4.74 Å². The molecule has 110 valence electrons. The van der Waals surface area contributed by atoms with E-state index in [0.717, 1.165) is 17.0 Å². The van der Waals surface area contributed by atoms with Gasteiger partial charge in [-0.3, -0.25) is 9.59 Å². The van der Waals surface area contributed by atoms with Crippen LogP contribution in [-0.4, -0.2) is 41.6 Å². The minimum atomic E-state index is -3.10. The van der Waals surface area contributed by atoms with Crippen LogP contribution in [0, 0.1) is 0 Å². The molecule has 0 aliphatic carbocycles. The Kier molecular flexibility index (Phi) is 5.69. The molecule has 0 atom stereocenters. The van der Waals surface area contributed by atoms with Crippen molar-refractivity contribution < 1.29 is 28.2 Å². The number of alkyl halides is 2. The summed E-state index contributed by atoms with van der Waals surface area (Å²) in [6, 6.07) is 3.59. The van der Waals surface area contributed by atoms with E-state index in [-0.39, 0.29) is 22.9 Å². The minimum Gasteiger partial charge on any atom is -0.480 e. The fourth-order valence-corrected chi connectivity index (χ4v) is 1.70. The third-order valence-electron chi connectivity index (χ3n) is 2.38. The van der Waals surface area contributed by atoms with Crippen molar-refractivity contribution in [2.75, 3.05) is 13.1 Å². The molecule has 1 aromatic rings. The van der Waals surface area contributed by atoms with E-state index in [0.29, 0.717) is 0 Å². The van der Waals surface area contributed by atoms with Gasteiger partial charge in [-0.25, -0.2) is 0 Å². The normalized spacial score (nSPS) is 10.4. The smallest absolute Gasteiger partial charge is 0.387 e. The van der Waals surface area contributed by atoms with Gasteiger partial charge in [-0.1, -0.05) is 11.6 Å². The van der Waals surface area contributed by atoms with Gasteiger partial charge in [-0.2, -0.15) is 8.78 Å². The van der Waals surface area contributed by atoms with Gasteiger partial charge in [0.2, 0.25) is 0 Å². The Morgan fingerprint density at radius 1 is 1.45 bits per heavy atom. The van der Waals surface area contributed by atoms with Crippen LogP contribution < -0.4 is 4.74 Å². The number of likely N-dealkylation sites (N-methyl/N-ethyl adjacent to an activating group) is 1. The summed E-state index contributed by atoms with van der Waals surface area (Å²) in [4.78, 5) is 23.8. The summed E-state index contributed by atoms with van der Waals surface area (Å²) in [6.45, 7) is -1.97. The van der Waals surface area contributed by atoms with Crippen molar-refractivity contribution in [2.24, 2.45) is 0 Å². The van der Waals surface area contributed by atoms with Gasteiger partial charge in [-0.05, 0) is 25.1 Å². The molecule has 0 bridgehead atoms. The second-order valence-corrected chi connectivity index (χ2v) is 4.17. The zero-order chi connectivity index (χ0) is 15.3. The number of hydrogen-bond acceptors (Lipinski definition) is 3. The molecule has 1 aromatic carbocycles. The summed E-state index contributed by atoms with van der Waals surface area (Å²) in [7, 11) is 0. The van der Waals surface area contributed by atoms with Gasteiger partial charge in [-0.15, -0.1) is 0 Å². The van der Waals surface area contributed by atoms with Crippen molar-refractivity contribution >= 4 is 23.5 Å². The second kappa shape index (κ2) is 7.04. The molecule has 0 saturated carbocycles. The van der Waals surface area contributed by atoms with Crippen molar-refractivity contribution in [3.8, 4) is 5.75 Å². The lowest BCUT2D eigenvalue weighted by atomic mass is 10.1. The highest BCUT2D eigenvalue weighted by molar-refractivity contribution is 6.31. The van der Waals surface area contributed by atoms with E-state index >= 15 is 0 Å². The number of carboxylic acid groups (broad SMARTS) is 1. The van der Waals surface area contributed by atoms with E-state index in [9.17, 15) is 18.4 Å². The van der Waals surface area contributed by atoms with Crippen LogP contribution in [-0.2, 0) is 4.79 Å². The molecule has 0 spiro atoms. The summed E-state index contributed by atoms with van der Waals surface area (Å²) in [5.41, 5.74) is -0.207. The zero-order valence-electron chi connectivity index (χ0n) is 10.5. The molecule has 0 saturated heterocycles. The highest BCUT2D eigenvalue weighted by Crippen LogP contribution is 2.25. The molecular formula is C12H12ClF2NO4. The third-order valence-corrected chi connectivity index (χ3v) is 2.62. The van der Waals surface area contributed by atoms with Gasteiger partial charge in [0.1, 0.15) is 12.3 Å². The molecule has 0 unspecified atom stereocenters. The maximum Gasteiger partial charge on any atom is 0.387 e. The number of ether oxygens (including phenoxy) is 1. The molecule has 0 aliphatic heterocycles. The maximum atomic E-state index is 12.3. The molecular weight excluding hydrogens is 296 g/mol. The number of hydrogen-bond donors (Lipinski definition) is 1. The quantitative estimate of drug-likeness (QED) is 0.877. The zero-order valence-corrected chi connectivity index (χ0v) is 11.2. The van der Waals surface area contributed by atoms with Gasteiger partial charge in [0.05, 0.1) is 5.56 Å². The van der Waals surface area contributed by atoms with Gasteiger partial charge >= 0.3 is 12.6 Å². The highest BCUT2D eigenvalue weighted by atomic mass is 35.5. The Bertz CT molecular complexity index is 510. The van der Waals surface area contributed by atoms with Gasteiger partial charge in [0.15, 0.2) is 0 Å². The molecule has 8 heteroatoms. The first-order valence-electron chi connectivity index (χ1n) is 5.60. The van der Waals surface area contributed by atoms with Gasteiger partial charge in [0, 0.05) is 11.6 Å². The molecule has 20 heavy (non-hydrogen) atoms. The number of carbonyl (C=O) groups excluding carboxylic acids is 1. The number of nitrogens with zero attached hydrogens (tertiary/aromatic N) is 1. The Morgan fingerprint density at radius 3 is 2.60 bits per heavy atom. The van der Waals surface area contributed by atoms with Crippen molar-refractivity contribution in [2.45, 2.75) is 13.5 Å². The molecule has 1 N–H and O–H groups in total. The monoisotopic (exact) mass is 307 g/mol. The molecule has 5 nitrogen and oxygen atoms in total. The average Bonchev–Trinajstić information content (AvgIpc) is 2.36. The number of carbonyl (C=O) groups is 2. The van der Waals surface area contributed by atoms with Crippen molar-refractivity contribution in [1.29, 1.82) is 0 Å². The Hall–Kier alpha value is -1.89.